The van der Waals surface area contributed by atoms with Crippen LogP contribution in [0.3, 0.4) is 0 Å². The fraction of sp³-hybridized carbons (Fsp3) is 0.350. The van der Waals surface area contributed by atoms with Gasteiger partial charge in [0.15, 0.2) is 0 Å². The van der Waals surface area contributed by atoms with Gasteiger partial charge in [0.05, 0.1) is 19.3 Å². The highest BCUT2D eigenvalue weighted by molar-refractivity contribution is 5.89. The number of hydrogen-bond donors (Lipinski definition) is 2. The van der Waals surface area contributed by atoms with E-state index >= 15 is 0 Å². The predicted molar refractivity (Wildman–Crippen MR) is 97.5 cm³/mol. The lowest BCUT2D eigenvalue weighted by Crippen LogP contribution is -2.33. The van der Waals surface area contributed by atoms with Gasteiger partial charge in [0.1, 0.15) is 0 Å². The number of likely N-dealkylation sites (tertiary alicyclic amines) is 1. The molecule has 0 aliphatic carbocycles. The smallest absolute Gasteiger partial charge is 0.321 e. The average Bonchev–Trinajstić information content (AvgIpc) is 3.07. The zero-order valence-corrected chi connectivity index (χ0v) is 14.2. The summed E-state index contributed by atoms with van der Waals surface area (Å²) in [6.07, 6.45) is 1.12. The molecule has 2 N–H and O–H groups in total. The minimum Gasteiger partial charge on any atom is -0.391 e. The molecule has 0 unspecified atom stereocenters. The van der Waals surface area contributed by atoms with E-state index in [1.165, 1.54) is 5.56 Å². The van der Waals surface area contributed by atoms with Crippen molar-refractivity contribution < 1.29 is 14.6 Å². The topological polar surface area (TPSA) is 61.8 Å². The van der Waals surface area contributed by atoms with Crippen LogP contribution in [-0.4, -0.2) is 41.8 Å². The number of carbonyl (C=O) groups is 1. The minimum absolute atomic E-state index is 0.168. The van der Waals surface area contributed by atoms with Gasteiger partial charge in [-0.05, 0) is 36.1 Å². The molecule has 1 saturated heterocycles. The highest BCUT2D eigenvalue weighted by Crippen LogP contribution is 2.15. The molecule has 0 spiro atoms. The Kier molecular flexibility index (Phi) is 6.04. The first kappa shape index (κ1) is 17.5. The Morgan fingerprint density at radius 3 is 2.72 bits per heavy atom. The molecular weight excluding hydrogens is 316 g/mol. The van der Waals surface area contributed by atoms with Gasteiger partial charge in [-0.15, -0.1) is 0 Å². The second-order valence-electron chi connectivity index (χ2n) is 6.31. The summed E-state index contributed by atoms with van der Waals surface area (Å²) in [7, 11) is 0. The predicted octanol–water partition coefficient (Wildman–Crippen LogP) is 3.04. The zero-order valence-electron chi connectivity index (χ0n) is 14.2. The number of amides is 2. The first-order chi connectivity index (χ1) is 12.2. The number of anilines is 1. The number of urea groups is 1. The molecule has 2 aromatic carbocycles. The Labute approximate surface area is 148 Å². The van der Waals surface area contributed by atoms with Gasteiger partial charge < -0.3 is 20.1 Å². The summed E-state index contributed by atoms with van der Waals surface area (Å²) in [4.78, 5) is 13.8. The maximum Gasteiger partial charge on any atom is 0.321 e. The summed E-state index contributed by atoms with van der Waals surface area (Å²) in [5, 5.41) is 12.4. The van der Waals surface area contributed by atoms with Crippen LogP contribution in [0, 0.1) is 0 Å². The summed E-state index contributed by atoms with van der Waals surface area (Å²) < 4.78 is 5.74. The van der Waals surface area contributed by atoms with Crippen molar-refractivity contribution in [2.75, 3.05) is 25.0 Å². The normalized spacial score (nSPS) is 16.8. The molecule has 132 valence electrons. The molecular formula is C20H24N2O3. The third-order valence-corrected chi connectivity index (χ3v) is 4.28. The van der Waals surface area contributed by atoms with Gasteiger partial charge in [0.25, 0.3) is 0 Å². The largest absolute Gasteiger partial charge is 0.391 e. The quantitative estimate of drug-likeness (QED) is 0.795. The summed E-state index contributed by atoms with van der Waals surface area (Å²) >= 11 is 0. The number of hydrogen-bond acceptors (Lipinski definition) is 3. The van der Waals surface area contributed by atoms with E-state index in [-0.39, 0.29) is 6.03 Å². The van der Waals surface area contributed by atoms with Crippen LogP contribution < -0.4 is 5.32 Å². The van der Waals surface area contributed by atoms with E-state index in [4.69, 9.17) is 4.74 Å². The maximum atomic E-state index is 12.2. The van der Waals surface area contributed by atoms with Crippen molar-refractivity contribution >= 4 is 11.7 Å². The molecule has 1 heterocycles. The van der Waals surface area contributed by atoms with E-state index in [9.17, 15) is 9.90 Å². The number of nitrogens with zero attached hydrogens (tertiary/aromatic N) is 1. The standard InChI is InChI=1S/C20H24N2O3/c23-19-9-11-22(14-19)20(24)21-18-8-4-7-17(13-18)15-25-12-10-16-5-2-1-3-6-16/h1-8,13,19,23H,9-12,14-15H2,(H,21,24)/t19-/m0/s1. The molecule has 2 amide bonds. The van der Waals surface area contributed by atoms with Crippen molar-refractivity contribution in [3.63, 3.8) is 0 Å². The SMILES string of the molecule is O=C(Nc1cccc(COCCc2ccccc2)c1)N1CC[C@H](O)C1. The fourth-order valence-corrected chi connectivity index (χ4v) is 2.89. The number of carbonyl (C=O) groups excluding carboxylic acids is 1. The molecule has 0 bridgehead atoms. The molecule has 1 aliphatic heterocycles. The molecule has 0 saturated carbocycles. The van der Waals surface area contributed by atoms with Crippen molar-refractivity contribution in [2.45, 2.75) is 25.6 Å². The number of nitrogens with one attached hydrogen (secondary N) is 1. The second kappa shape index (κ2) is 8.65. The third-order valence-electron chi connectivity index (χ3n) is 4.28. The van der Waals surface area contributed by atoms with Crippen LogP contribution in [0.5, 0.6) is 0 Å². The minimum atomic E-state index is -0.407. The van der Waals surface area contributed by atoms with Crippen molar-refractivity contribution in [1.82, 2.24) is 4.90 Å². The lowest BCUT2D eigenvalue weighted by molar-refractivity contribution is 0.124. The fourth-order valence-electron chi connectivity index (χ4n) is 2.89. The van der Waals surface area contributed by atoms with Gasteiger partial charge in [-0.2, -0.15) is 0 Å². The van der Waals surface area contributed by atoms with Gasteiger partial charge in [-0.3, -0.25) is 0 Å². The molecule has 3 rings (SSSR count). The van der Waals surface area contributed by atoms with Crippen molar-refractivity contribution in [3.8, 4) is 0 Å². The van der Waals surface area contributed by atoms with E-state index in [0.717, 1.165) is 17.7 Å². The second-order valence-corrected chi connectivity index (χ2v) is 6.31. The molecule has 2 aromatic rings. The summed E-state index contributed by atoms with van der Waals surface area (Å²) in [6.45, 7) is 2.16. The average molecular weight is 340 g/mol. The van der Waals surface area contributed by atoms with Crippen LogP contribution in [0.15, 0.2) is 54.6 Å². The van der Waals surface area contributed by atoms with Crippen LogP contribution >= 0.6 is 0 Å². The van der Waals surface area contributed by atoms with Crippen molar-refractivity contribution in [1.29, 1.82) is 0 Å². The van der Waals surface area contributed by atoms with Gasteiger partial charge >= 0.3 is 6.03 Å². The monoisotopic (exact) mass is 340 g/mol. The molecule has 0 radical (unpaired) electrons. The highest BCUT2D eigenvalue weighted by Gasteiger charge is 2.24. The van der Waals surface area contributed by atoms with Crippen LogP contribution in [0.4, 0.5) is 10.5 Å². The zero-order chi connectivity index (χ0) is 17.5. The number of aliphatic hydroxyl groups is 1. The van der Waals surface area contributed by atoms with Gasteiger partial charge in [0, 0.05) is 18.8 Å². The number of β-amino-alcohol motifs (C(OH)–C–C–N with tert-alkyl or cyclic N) is 1. The van der Waals surface area contributed by atoms with E-state index in [1.54, 1.807) is 4.90 Å². The van der Waals surface area contributed by atoms with Gasteiger partial charge in [0.2, 0.25) is 0 Å². The molecule has 25 heavy (non-hydrogen) atoms. The van der Waals surface area contributed by atoms with Crippen LogP contribution in [0.2, 0.25) is 0 Å². The Bertz CT molecular complexity index is 690. The van der Waals surface area contributed by atoms with Crippen LogP contribution in [0.25, 0.3) is 0 Å². The molecule has 5 nitrogen and oxygen atoms in total. The third kappa shape index (κ3) is 5.31. The lowest BCUT2D eigenvalue weighted by atomic mass is 10.2. The van der Waals surface area contributed by atoms with E-state index < -0.39 is 6.10 Å². The number of aliphatic hydroxyl groups excluding tert-OH is 1. The summed E-state index contributed by atoms with van der Waals surface area (Å²) in [6, 6.07) is 17.8. The Morgan fingerprint density at radius 2 is 1.96 bits per heavy atom. The van der Waals surface area contributed by atoms with Crippen LogP contribution in [-0.2, 0) is 17.8 Å². The van der Waals surface area contributed by atoms with Gasteiger partial charge in [-0.1, -0.05) is 42.5 Å². The van der Waals surface area contributed by atoms with Crippen LogP contribution in [0.1, 0.15) is 17.5 Å². The molecule has 1 aliphatic rings. The summed E-state index contributed by atoms with van der Waals surface area (Å²) in [5.41, 5.74) is 3.03. The lowest BCUT2D eigenvalue weighted by Gasteiger charge is -2.16. The Hall–Kier alpha value is -2.37. The first-order valence-corrected chi connectivity index (χ1v) is 8.65. The van der Waals surface area contributed by atoms with Crippen molar-refractivity contribution in [3.05, 3.63) is 65.7 Å². The summed E-state index contributed by atoms with van der Waals surface area (Å²) in [5.74, 6) is 0. The van der Waals surface area contributed by atoms with E-state index in [2.05, 4.69) is 17.4 Å². The Balaban J connectivity index is 1.45. The molecule has 1 atom stereocenters. The van der Waals surface area contributed by atoms with Gasteiger partial charge in [-0.25, -0.2) is 4.79 Å². The number of benzene rings is 2. The van der Waals surface area contributed by atoms with E-state index in [0.29, 0.717) is 32.7 Å². The molecule has 5 heteroatoms. The molecule has 1 fully saturated rings. The van der Waals surface area contributed by atoms with E-state index in [1.807, 2.05) is 42.5 Å². The number of ether oxygens (including phenoxy) is 1. The van der Waals surface area contributed by atoms with Crippen molar-refractivity contribution in [2.24, 2.45) is 0 Å². The maximum absolute atomic E-state index is 12.2. The highest BCUT2D eigenvalue weighted by atomic mass is 16.5. The number of rotatable bonds is 6. The first-order valence-electron chi connectivity index (χ1n) is 8.65. The molecule has 0 aromatic heterocycles. The Morgan fingerprint density at radius 1 is 1.16 bits per heavy atom.